The molecule has 1 unspecified atom stereocenters. The Balaban J connectivity index is 1.12. The lowest BCUT2D eigenvalue weighted by Gasteiger charge is -2.43. The second kappa shape index (κ2) is 15.8. The van der Waals surface area contributed by atoms with Crippen molar-refractivity contribution in [2.75, 3.05) is 0 Å². The molecule has 8 aromatic rings. The first kappa shape index (κ1) is 38.4. The number of para-hydroxylation sites is 3. The molecule has 12 rings (SSSR count). The molecule has 1 aromatic heterocycles. The van der Waals surface area contributed by atoms with E-state index >= 15 is 0 Å². The molecule has 2 aliphatic carbocycles. The van der Waals surface area contributed by atoms with Gasteiger partial charge >= 0.3 is 0 Å². The van der Waals surface area contributed by atoms with Gasteiger partial charge in [-0.25, -0.2) is 4.98 Å². The Hall–Kier alpha value is -7.32. The van der Waals surface area contributed by atoms with E-state index in [4.69, 9.17) is 14.5 Å². The minimum absolute atomic E-state index is 0.859. The molecule has 64 heavy (non-hydrogen) atoms. The molecule has 0 bridgehead atoms. The van der Waals surface area contributed by atoms with Crippen LogP contribution in [0.25, 0.3) is 33.6 Å². The van der Waals surface area contributed by atoms with Crippen molar-refractivity contribution >= 4 is 47.3 Å². The molecule has 5 heteroatoms. The molecule has 4 aliphatic rings. The van der Waals surface area contributed by atoms with E-state index in [1.165, 1.54) is 41.5 Å². The van der Waals surface area contributed by atoms with Crippen LogP contribution in [0, 0.1) is 0 Å². The van der Waals surface area contributed by atoms with Crippen LogP contribution in [0.5, 0.6) is 17.2 Å². The van der Waals surface area contributed by atoms with Gasteiger partial charge in [-0.3, -0.25) is 0 Å². The van der Waals surface area contributed by atoms with Crippen LogP contribution in [-0.2, 0) is 0 Å². The maximum atomic E-state index is 7.29. The number of allylic oxidation sites excluding steroid dienone is 8. The molecular weight excluding hydrogens is 811 g/mol. The number of hydrogen-bond acceptors (Lipinski definition) is 3. The maximum Gasteiger partial charge on any atom is 0.188 e. The van der Waals surface area contributed by atoms with Crippen LogP contribution >= 0.6 is 0 Å². The Labute approximate surface area is 377 Å². The van der Waals surface area contributed by atoms with Gasteiger partial charge in [0.15, 0.2) is 16.1 Å². The molecular formula is C59H45NO2Si2. The fraction of sp³-hybridized carbons (Fsp3) is 0.0678. The Morgan fingerprint density at radius 2 is 0.969 bits per heavy atom. The van der Waals surface area contributed by atoms with Crippen LogP contribution in [-0.4, -0.2) is 21.1 Å². The van der Waals surface area contributed by atoms with E-state index < -0.39 is 16.1 Å². The molecule has 0 spiro atoms. The lowest BCUT2D eigenvalue weighted by atomic mass is 9.99. The topological polar surface area (TPSA) is 31.4 Å². The second-order valence-electron chi connectivity index (χ2n) is 17.1. The van der Waals surface area contributed by atoms with Crippen molar-refractivity contribution in [1.82, 2.24) is 4.98 Å². The monoisotopic (exact) mass is 855 g/mol. The number of fused-ring (bicyclic) bond motifs is 3. The predicted octanol–water partition coefficient (Wildman–Crippen LogP) is 10.5. The van der Waals surface area contributed by atoms with E-state index in [0.717, 1.165) is 82.3 Å². The van der Waals surface area contributed by atoms with Crippen LogP contribution in [0.15, 0.2) is 241 Å². The van der Waals surface area contributed by atoms with E-state index in [1.807, 2.05) is 0 Å². The van der Waals surface area contributed by atoms with E-state index in [0.29, 0.717) is 0 Å². The van der Waals surface area contributed by atoms with Crippen molar-refractivity contribution < 1.29 is 9.47 Å². The number of benzene rings is 7. The van der Waals surface area contributed by atoms with Gasteiger partial charge in [0.25, 0.3) is 0 Å². The normalized spacial score (nSPS) is 17.8. The molecule has 0 N–H and O–H groups in total. The molecule has 306 valence electrons. The summed E-state index contributed by atoms with van der Waals surface area (Å²) in [5.74, 6) is 3.80. The summed E-state index contributed by atoms with van der Waals surface area (Å²) in [7, 11) is -5.65. The third kappa shape index (κ3) is 5.95. The molecule has 0 saturated carbocycles. The lowest BCUT2D eigenvalue weighted by molar-refractivity contribution is 0.401. The number of ether oxygens (including phenoxy) is 2. The van der Waals surface area contributed by atoms with Gasteiger partial charge < -0.3 is 9.47 Å². The second-order valence-corrected chi connectivity index (χ2v) is 24.6. The first-order chi connectivity index (χ1) is 31.7. The van der Waals surface area contributed by atoms with Gasteiger partial charge in [0.05, 0.1) is 11.4 Å². The zero-order valence-corrected chi connectivity index (χ0v) is 37.5. The van der Waals surface area contributed by atoms with Gasteiger partial charge in [-0.05, 0) is 97.0 Å². The number of rotatable bonds is 7. The highest BCUT2D eigenvalue weighted by molar-refractivity contribution is 7.21. The minimum atomic E-state index is -2.89. The zero-order valence-electron chi connectivity index (χ0n) is 35.5. The van der Waals surface area contributed by atoms with Crippen molar-refractivity contribution in [3.05, 3.63) is 241 Å². The first-order valence-corrected chi connectivity index (χ1v) is 26.5. The quantitative estimate of drug-likeness (QED) is 0.150. The van der Waals surface area contributed by atoms with E-state index in [-0.39, 0.29) is 0 Å². The third-order valence-electron chi connectivity index (χ3n) is 13.7. The van der Waals surface area contributed by atoms with Gasteiger partial charge in [0.2, 0.25) is 0 Å². The summed E-state index contributed by atoms with van der Waals surface area (Å²) < 4.78 is 14.5. The molecule has 7 aromatic carbocycles. The molecule has 3 nitrogen and oxygen atoms in total. The Morgan fingerprint density at radius 3 is 1.59 bits per heavy atom. The number of nitrogens with zero attached hydrogens (tertiary/aromatic N) is 1. The summed E-state index contributed by atoms with van der Waals surface area (Å²) in [6.45, 7) is 0. The first-order valence-electron chi connectivity index (χ1n) is 22.5. The number of pyridine rings is 1. The van der Waals surface area contributed by atoms with Gasteiger partial charge in [-0.1, -0.05) is 199 Å². The fourth-order valence-electron chi connectivity index (χ4n) is 11.0. The predicted molar refractivity (Wildman–Crippen MR) is 268 cm³/mol. The third-order valence-corrected chi connectivity index (χ3v) is 23.5. The molecule has 1 atom stereocenters. The van der Waals surface area contributed by atoms with Gasteiger partial charge in [0, 0.05) is 17.5 Å². The summed E-state index contributed by atoms with van der Waals surface area (Å²) in [5.41, 5.74) is 5.92. The highest BCUT2D eigenvalue weighted by Crippen LogP contribution is 2.45. The smallest absolute Gasteiger partial charge is 0.188 e. The van der Waals surface area contributed by atoms with Crippen molar-refractivity contribution in [3.8, 4) is 50.9 Å². The average molecular weight is 856 g/mol. The molecule has 0 amide bonds. The minimum Gasteiger partial charge on any atom is -0.461 e. The lowest BCUT2D eigenvalue weighted by Crippen LogP contribution is -2.76. The van der Waals surface area contributed by atoms with Crippen LogP contribution in [0.4, 0.5) is 0 Å². The van der Waals surface area contributed by atoms with Gasteiger partial charge in [0.1, 0.15) is 23.0 Å². The Kier molecular flexibility index (Phi) is 9.47. The van der Waals surface area contributed by atoms with Gasteiger partial charge in [-0.2, -0.15) is 0 Å². The molecule has 2 aliphatic heterocycles. The molecule has 0 fully saturated rings. The van der Waals surface area contributed by atoms with Crippen molar-refractivity contribution in [1.29, 1.82) is 0 Å². The van der Waals surface area contributed by atoms with Crippen molar-refractivity contribution in [3.63, 3.8) is 0 Å². The maximum absolute atomic E-state index is 7.29. The Morgan fingerprint density at radius 1 is 0.438 bits per heavy atom. The average Bonchev–Trinajstić information content (AvgIpc) is 3.38. The largest absolute Gasteiger partial charge is 0.461 e. The number of aromatic nitrogens is 1. The van der Waals surface area contributed by atoms with Crippen molar-refractivity contribution in [2.24, 2.45) is 0 Å². The summed E-state index contributed by atoms with van der Waals surface area (Å²) in [4.78, 5) is 5.72. The summed E-state index contributed by atoms with van der Waals surface area (Å²) in [5, 5.41) is 10.7. The highest BCUT2D eigenvalue weighted by atomic mass is 28.3. The number of hydrogen-bond donors (Lipinski definition) is 0. The van der Waals surface area contributed by atoms with E-state index in [9.17, 15) is 0 Å². The van der Waals surface area contributed by atoms with Crippen LogP contribution in [0.2, 0.25) is 0 Å². The standard InChI is InChI=1S/C59H45NO2Si2/c1-6-22-42(23-7-1)43-40-50(48-32-20-38-56-58(48)61-52-34-16-18-36-54(52)63(56,44-24-8-2-9-25-44)45-26-10-3-11-27-45)60-51(41-43)49-33-21-39-57-59(49)62-53-35-17-19-37-55(53)64(57,46-28-12-4-13-29-46)47-30-14-5-15-31-47/h1-14,16,18-30,32-34,36-41H,15,17,31,35H2. The fourth-order valence-corrected chi connectivity index (χ4v) is 21.3. The van der Waals surface area contributed by atoms with Crippen LogP contribution in [0.1, 0.15) is 25.7 Å². The summed E-state index contributed by atoms with van der Waals surface area (Å²) >= 11 is 0. The highest BCUT2D eigenvalue weighted by Gasteiger charge is 2.51. The molecule has 3 heterocycles. The summed E-state index contributed by atoms with van der Waals surface area (Å²) in [6, 6.07) is 70.8. The van der Waals surface area contributed by atoms with E-state index in [1.54, 1.807) is 0 Å². The molecule has 0 radical (unpaired) electrons. The Bertz CT molecular complexity index is 3170. The van der Waals surface area contributed by atoms with Crippen LogP contribution in [0.3, 0.4) is 0 Å². The molecule has 0 saturated heterocycles. The van der Waals surface area contributed by atoms with Crippen LogP contribution < -0.4 is 40.6 Å². The summed E-state index contributed by atoms with van der Waals surface area (Å²) in [6.07, 6.45) is 15.6. The van der Waals surface area contributed by atoms with E-state index in [2.05, 4.69) is 225 Å². The zero-order chi connectivity index (χ0) is 42.5. The SMILES string of the molecule is C1=CCCC([Si]2(c3ccccc3)C3=C(CCC=C3)Oc3c(-c4cc(-c5ccccc5)cc(-c5cccc6c5Oc5ccccc5[Si]6(c5ccccc5)c5ccccc5)n4)cccc32)=C1. The van der Waals surface area contributed by atoms with Gasteiger partial charge in [-0.15, -0.1) is 0 Å². The van der Waals surface area contributed by atoms with Crippen molar-refractivity contribution in [2.45, 2.75) is 25.7 Å².